The molecule has 26 heavy (non-hydrogen) atoms. The Labute approximate surface area is 156 Å². The zero-order valence-corrected chi connectivity index (χ0v) is 16.4. The van der Waals surface area contributed by atoms with Crippen LogP contribution in [0.1, 0.15) is 41.8 Å². The zero-order chi connectivity index (χ0) is 18.3. The van der Waals surface area contributed by atoms with Crippen molar-refractivity contribution in [3.63, 3.8) is 0 Å². The van der Waals surface area contributed by atoms with Crippen LogP contribution in [0.3, 0.4) is 0 Å². The lowest BCUT2D eigenvalue weighted by Crippen LogP contribution is -2.38. The lowest BCUT2D eigenvalue weighted by atomic mass is 9.97. The summed E-state index contributed by atoms with van der Waals surface area (Å²) in [7, 11) is 0. The van der Waals surface area contributed by atoms with E-state index >= 15 is 0 Å². The molecule has 136 valence electrons. The molecule has 3 nitrogen and oxygen atoms in total. The van der Waals surface area contributed by atoms with Crippen molar-refractivity contribution in [3.05, 3.63) is 64.6 Å². The van der Waals surface area contributed by atoms with Gasteiger partial charge >= 0.3 is 0 Å². The molecule has 2 aromatic heterocycles. The fourth-order valence-corrected chi connectivity index (χ4v) is 4.60. The van der Waals surface area contributed by atoms with Gasteiger partial charge in [0, 0.05) is 49.0 Å². The average molecular weight is 348 g/mol. The van der Waals surface area contributed by atoms with Crippen molar-refractivity contribution >= 4 is 10.9 Å². The molecule has 1 atom stereocenters. The molecule has 1 aliphatic rings. The van der Waals surface area contributed by atoms with E-state index in [1.165, 1.54) is 27.6 Å². The van der Waals surface area contributed by atoms with Crippen LogP contribution >= 0.6 is 0 Å². The lowest BCUT2D eigenvalue weighted by molar-refractivity contribution is 0.192. The van der Waals surface area contributed by atoms with Gasteiger partial charge in [-0.1, -0.05) is 25.1 Å². The van der Waals surface area contributed by atoms with Crippen molar-refractivity contribution in [3.8, 4) is 0 Å². The highest BCUT2D eigenvalue weighted by molar-refractivity contribution is 5.91. The maximum absolute atomic E-state index is 4.28. The maximum atomic E-state index is 4.28. The smallest absolute Gasteiger partial charge is 0.0518 e. The van der Waals surface area contributed by atoms with Crippen LogP contribution in [0, 0.1) is 13.8 Å². The molecule has 1 unspecified atom stereocenters. The highest BCUT2D eigenvalue weighted by Crippen LogP contribution is 2.36. The molecule has 1 aromatic carbocycles. The number of benzene rings is 1. The molecule has 4 rings (SSSR count). The van der Waals surface area contributed by atoms with E-state index in [4.69, 9.17) is 0 Å². The molecule has 3 heterocycles. The molecule has 1 aliphatic heterocycles. The van der Waals surface area contributed by atoms with Crippen molar-refractivity contribution in [2.45, 2.75) is 59.7 Å². The topological polar surface area (TPSA) is 21.1 Å². The number of aryl methyl sites for hydroxylation is 4. The second-order valence-electron chi connectivity index (χ2n) is 7.73. The Balaban J connectivity index is 1.84. The van der Waals surface area contributed by atoms with Gasteiger partial charge in [0.15, 0.2) is 0 Å². The van der Waals surface area contributed by atoms with Crippen LogP contribution in [0.5, 0.6) is 0 Å². The number of fused-ring (bicyclic) bond motifs is 3. The fourth-order valence-electron chi connectivity index (χ4n) is 4.60. The Hall–Kier alpha value is -2.13. The van der Waals surface area contributed by atoms with Crippen molar-refractivity contribution in [1.29, 1.82) is 0 Å². The summed E-state index contributed by atoms with van der Waals surface area (Å²) in [6, 6.07) is 9.40. The molecule has 0 saturated heterocycles. The minimum atomic E-state index is 0.606. The normalized spacial score (nSPS) is 17.6. The third kappa shape index (κ3) is 2.84. The molecular formula is C23H29N3. The van der Waals surface area contributed by atoms with Gasteiger partial charge in [-0.05, 0) is 62.1 Å². The minimum Gasteiger partial charge on any atom is -0.344 e. The van der Waals surface area contributed by atoms with Gasteiger partial charge in [0.2, 0.25) is 0 Å². The Kier molecular flexibility index (Phi) is 4.58. The van der Waals surface area contributed by atoms with Gasteiger partial charge in [0.05, 0.1) is 5.52 Å². The molecule has 0 bridgehead atoms. The summed E-state index contributed by atoms with van der Waals surface area (Å²) in [5.41, 5.74) is 8.68. The van der Waals surface area contributed by atoms with Gasteiger partial charge in [-0.25, -0.2) is 0 Å². The molecule has 0 amide bonds. The van der Waals surface area contributed by atoms with Gasteiger partial charge in [-0.2, -0.15) is 0 Å². The number of pyridine rings is 1. The highest BCUT2D eigenvalue weighted by Gasteiger charge is 2.28. The molecular weight excluding hydrogens is 318 g/mol. The number of aromatic nitrogens is 2. The number of likely N-dealkylation sites (N-methyl/N-ethyl adjacent to an activating group) is 1. The Morgan fingerprint density at radius 2 is 1.96 bits per heavy atom. The first-order chi connectivity index (χ1) is 12.6. The van der Waals surface area contributed by atoms with E-state index in [0.29, 0.717) is 6.04 Å². The molecule has 0 N–H and O–H groups in total. The standard InChI is InChI=1S/C23H29N3/c1-5-25-15-20-21(13-18(25)4)26(12-10-19-7-6-11-24-14-19)23-17(3)9-8-16(2)22(20)23/h6-9,11,14,18H,5,10,12-13,15H2,1-4H3. The van der Waals surface area contributed by atoms with Crippen LogP contribution in [0.4, 0.5) is 0 Å². The second kappa shape index (κ2) is 6.88. The number of nitrogens with zero attached hydrogens (tertiary/aromatic N) is 3. The van der Waals surface area contributed by atoms with Crippen LogP contribution in [0.15, 0.2) is 36.7 Å². The molecule has 0 spiro atoms. The van der Waals surface area contributed by atoms with Crippen molar-refractivity contribution < 1.29 is 0 Å². The third-order valence-electron chi connectivity index (χ3n) is 6.06. The fraction of sp³-hybridized carbons (Fsp3) is 0.435. The first-order valence-electron chi connectivity index (χ1n) is 9.83. The van der Waals surface area contributed by atoms with Gasteiger partial charge in [0.25, 0.3) is 0 Å². The predicted octanol–water partition coefficient (Wildman–Crippen LogP) is 4.66. The summed E-state index contributed by atoms with van der Waals surface area (Å²) in [5, 5.41) is 1.50. The van der Waals surface area contributed by atoms with E-state index in [2.05, 4.69) is 60.3 Å². The van der Waals surface area contributed by atoms with Crippen LogP contribution in [0.2, 0.25) is 0 Å². The minimum absolute atomic E-state index is 0.606. The Bertz CT molecular complexity index is 924. The molecule has 0 aliphatic carbocycles. The van der Waals surface area contributed by atoms with Crippen LogP contribution in [0.25, 0.3) is 10.9 Å². The van der Waals surface area contributed by atoms with E-state index in [9.17, 15) is 0 Å². The average Bonchev–Trinajstić information content (AvgIpc) is 2.97. The van der Waals surface area contributed by atoms with Crippen LogP contribution in [-0.4, -0.2) is 27.0 Å². The number of hydrogen-bond donors (Lipinski definition) is 0. The molecule has 3 heteroatoms. The van der Waals surface area contributed by atoms with Crippen molar-refractivity contribution in [2.75, 3.05) is 6.54 Å². The quantitative estimate of drug-likeness (QED) is 0.684. The zero-order valence-electron chi connectivity index (χ0n) is 16.4. The summed E-state index contributed by atoms with van der Waals surface area (Å²) >= 11 is 0. The van der Waals surface area contributed by atoms with Gasteiger partial charge < -0.3 is 4.57 Å². The molecule has 0 saturated carbocycles. The first kappa shape index (κ1) is 17.3. The van der Waals surface area contributed by atoms with E-state index in [-0.39, 0.29) is 0 Å². The van der Waals surface area contributed by atoms with E-state index in [1.54, 1.807) is 11.3 Å². The summed E-state index contributed by atoms with van der Waals surface area (Å²) in [6.45, 7) is 12.4. The van der Waals surface area contributed by atoms with Gasteiger partial charge in [-0.3, -0.25) is 9.88 Å². The van der Waals surface area contributed by atoms with E-state index < -0.39 is 0 Å². The summed E-state index contributed by atoms with van der Waals surface area (Å²) < 4.78 is 2.61. The molecule has 3 aromatic rings. The summed E-state index contributed by atoms with van der Waals surface area (Å²) in [5.74, 6) is 0. The number of rotatable bonds is 4. The summed E-state index contributed by atoms with van der Waals surface area (Å²) in [4.78, 5) is 6.89. The second-order valence-corrected chi connectivity index (χ2v) is 7.73. The number of hydrogen-bond acceptors (Lipinski definition) is 2. The van der Waals surface area contributed by atoms with E-state index in [1.807, 2.05) is 18.5 Å². The SMILES string of the molecule is CCN1Cc2c(n(CCc3cccnc3)c3c(C)ccc(C)c23)CC1C. The monoisotopic (exact) mass is 347 g/mol. The van der Waals surface area contributed by atoms with Crippen molar-refractivity contribution in [2.24, 2.45) is 0 Å². The lowest BCUT2D eigenvalue weighted by Gasteiger charge is -2.33. The largest absolute Gasteiger partial charge is 0.344 e. The maximum Gasteiger partial charge on any atom is 0.0518 e. The van der Waals surface area contributed by atoms with E-state index in [0.717, 1.165) is 32.5 Å². The van der Waals surface area contributed by atoms with Crippen LogP contribution in [-0.2, 0) is 25.9 Å². The predicted molar refractivity (Wildman–Crippen MR) is 109 cm³/mol. The Morgan fingerprint density at radius 1 is 1.15 bits per heavy atom. The van der Waals surface area contributed by atoms with Crippen molar-refractivity contribution in [1.82, 2.24) is 14.5 Å². The van der Waals surface area contributed by atoms with Gasteiger partial charge in [0.1, 0.15) is 0 Å². The third-order valence-corrected chi connectivity index (χ3v) is 6.06. The molecule has 0 fully saturated rings. The Morgan fingerprint density at radius 3 is 2.69 bits per heavy atom. The van der Waals surface area contributed by atoms with Crippen LogP contribution < -0.4 is 0 Å². The van der Waals surface area contributed by atoms with Gasteiger partial charge in [-0.15, -0.1) is 0 Å². The summed E-state index contributed by atoms with van der Waals surface area (Å²) in [6.07, 6.45) is 6.02. The highest BCUT2D eigenvalue weighted by atomic mass is 15.2. The molecule has 0 radical (unpaired) electrons. The first-order valence-corrected chi connectivity index (χ1v) is 9.83.